The average Bonchev–Trinajstić information content (AvgIpc) is 3.12. The van der Waals surface area contributed by atoms with E-state index >= 15 is 0 Å². The van der Waals surface area contributed by atoms with E-state index in [1.165, 1.54) is 148 Å². The molecule has 51 heavy (non-hydrogen) atoms. The summed E-state index contributed by atoms with van der Waals surface area (Å²) < 4.78 is 22.1. The van der Waals surface area contributed by atoms with Gasteiger partial charge < -0.3 is 21.1 Å². The Hall–Kier alpha value is -1.02. The summed E-state index contributed by atoms with van der Waals surface area (Å²) in [4.78, 5) is 22.6. The minimum Gasteiger partial charge on any atom is -0.387 e. The van der Waals surface area contributed by atoms with E-state index < -0.39 is 20.0 Å². The molecule has 0 saturated heterocycles. The van der Waals surface area contributed by atoms with Crippen LogP contribution in [0, 0.1) is 0 Å². The Labute approximate surface area is 315 Å². The van der Waals surface area contributed by atoms with Gasteiger partial charge >= 0.3 is 7.82 Å². The van der Waals surface area contributed by atoms with E-state index in [2.05, 4.69) is 31.3 Å². The number of carbonyl (C=O) groups excluding carboxylic acids is 1. The molecule has 0 saturated carbocycles. The van der Waals surface area contributed by atoms with Crippen molar-refractivity contribution in [3.8, 4) is 0 Å². The van der Waals surface area contributed by atoms with E-state index in [1.807, 2.05) is 6.08 Å². The number of phosphoric acid groups is 1. The van der Waals surface area contributed by atoms with Gasteiger partial charge in [0.2, 0.25) is 5.91 Å². The Kier molecular flexibility index (Phi) is 37.9. The van der Waals surface area contributed by atoms with Gasteiger partial charge in [0.15, 0.2) is 0 Å². The molecule has 0 aliphatic heterocycles. The molecule has 9 heteroatoms. The maximum Gasteiger partial charge on any atom is 0.472 e. The zero-order valence-electron chi connectivity index (χ0n) is 33.4. The standard InChI is InChI=1S/C42H83N2O6P/c1-3-5-7-9-11-13-15-16-17-18-19-20-21-22-23-24-26-28-30-32-34-36-42(46)44-40(39-50-51(47,48)49-38-37-43)41(45)35-33-31-29-27-25-14-12-10-8-6-4-2/h16-17,33,35,40-41,45H,3-15,18-32,34,36-39,43H2,1-2H3,(H,44,46)(H,47,48)/b17-16-,35-33+/t40-,41+/m0/s1. The highest BCUT2D eigenvalue weighted by Crippen LogP contribution is 2.43. The zero-order valence-corrected chi connectivity index (χ0v) is 34.2. The minimum atomic E-state index is -4.33. The first-order valence-electron chi connectivity index (χ1n) is 21.5. The summed E-state index contributed by atoms with van der Waals surface area (Å²) in [7, 11) is -4.33. The lowest BCUT2D eigenvalue weighted by atomic mass is 10.0. The molecule has 1 amide bonds. The summed E-state index contributed by atoms with van der Waals surface area (Å²) in [5.74, 6) is -0.195. The average molecular weight is 743 g/mol. The second-order valence-electron chi connectivity index (χ2n) is 14.6. The minimum absolute atomic E-state index is 0.0793. The van der Waals surface area contributed by atoms with Gasteiger partial charge in [-0.15, -0.1) is 0 Å². The van der Waals surface area contributed by atoms with Crippen LogP contribution in [0.15, 0.2) is 24.3 Å². The highest BCUT2D eigenvalue weighted by atomic mass is 31.2. The van der Waals surface area contributed by atoms with Crippen molar-refractivity contribution in [2.75, 3.05) is 19.8 Å². The molecule has 3 atom stereocenters. The summed E-state index contributed by atoms with van der Waals surface area (Å²) >= 11 is 0. The SMILES string of the molecule is CCCCCCCC/C=C\CCCCCCCCCCCCCC(=O)N[C@@H](COP(=O)(O)OCCN)[C@H](O)/C=C/CCCCCCCCCCC. The number of phosphoric ester groups is 1. The van der Waals surface area contributed by atoms with Crippen molar-refractivity contribution in [3.63, 3.8) is 0 Å². The molecule has 0 heterocycles. The second-order valence-corrected chi connectivity index (χ2v) is 16.0. The van der Waals surface area contributed by atoms with Crippen molar-refractivity contribution in [3.05, 3.63) is 24.3 Å². The fraction of sp³-hybridized carbons (Fsp3) is 0.881. The fourth-order valence-electron chi connectivity index (χ4n) is 6.24. The van der Waals surface area contributed by atoms with Crippen LogP contribution in [0.1, 0.15) is 206 Å². The first-order valence-corrected chi connectivity index (χ1v) is 23.0. The summed E-state index contributed by atoms with van der Waals surface area (Å²) in [6.45, 7) is 4.12. The number of nitrogens with one attached hydrogen (secondary N) is 1. The monoisotopic (exact) mass is 743 g/mol. The van der Waals surface area contributed by atoms with Crippen LogP contribution in [-0.4, -0.2) is 47.8 Å². The van der Waals surface area contributed by atoms with Crippen molar-refractivity contribution in [1.82, 2.24) is 5.32 Å². The maximum atomic E-state index is 12.7. The van der Waals surface area contributed by atoms with Crippen molar-refractivity contribution < 1.29 is 28.4 Å². The van der Waals surface area contributed by atoms with E-state index in [0.717, 1.165) is 38.5 Å². The number of carbonyl (C=O) groups is 1. The van der Waals surface area contributed by atoms with Crippen molar-refractivity contribution in [1.29, 1.82) is 0 Å². The number of nitrogens with two attached hydrogens (primary N) is 1. The predicted molar refractivity (Wildman–Crippen MR) is 217 cm³/mol. The van der Waals surface area contributed by atoms with Gasteiger partial charge in [0.05, 0.1) is 25.4 Å². The molecule has 1 unspecified atom stereocenters. The van der Waals surface area contributed by atoms with Crippen molar-refractivity contribution in [2.45, 2.75) is 219 Å². The first kappa shape index (κ1) is 50.0. The molecule has 0 fully saturated rings. The summed E-state index contributed by atoms with van der Waals surface area (Å²) in [6.07, 6.45) is 43.7. The van der Waals surface area contributed by atoms with Crippen LogP contribution < -0.4 is 11.1 Å². The largest absolute Gasteiger partial charge is 0.472 e. The molecule has 0 aromatic heterocycles. The van der Waals surface area contributed by atoms with E-state index in [4.69, 9.17) is 14.8 Å². The molecular weight excluding hydrogens is 659 g/mol. The Morgan fingerprint density at radius 2 is 1.02 bits per heavy atom. The lowest BCUT2D eigenvalue weighted by Gasteiger charge is -2.23. The van der Waals surface area contributed by atoms with Crippen LogP contribution in [-0.2, 0) is 18.4 Å². The van der Waals surface area contributed by atoms with Gasteiger partial charge in [-0.2, -0.15) is 0 Å². The van der Waals surface area contributed by atoms with Gasteiger partial charge in [-0.3, -0.25) is 13.8 Å². The Morgan fingerprint density at radius 1 is 0.627 bits per heavy atom. The molecule has 0 aliphatic carbocycles. The number of unbranched alkanes of at least 4 members (excludes halogenated alkanes) is 26. The van der Waals surface area contributed by atoms with E-state index in [-0.39, 0.29) is 25.7 Å². The molecule has 302 valence electrons. The molecular formula is C42H83N2O6P. The van der Waals surface area contributed by atoms with Crippen LogP contribution in [0.3, 0.4) is 0 Å². The number of amides is 1. The number of aliphatic hydroxyl groups excluding tert-OH is 1. The maximum absolute atomic E-state index is 12.7. The zero-order chi connectivity index (χ0) is 37.5. The summed E-state index contributed by atoms with van der Waals surface area (Å²) in [6, 6.07) is -0.856. The molecule has 5 N–H and O–H groups in total. The Bertz CT molecular complexity index is 855. The van der Waals surface area contributed by atoms with Crippen molar-refractivity contribution in [2.24, 2.45) is 5.73 Å². The van der Waals surface area contributed by atoms with E-state index in [1.54, 1.807) is 6.08 Å². The van der Waals surface area contributed by atoms with Crippen LogP contribution >= 0.6 is 7.82 Å². The van der Waals surface area contributed by atoms with Gasteiger partial charge in [0.25, 0.3) is 0 Å². The van der Waals surface area contributed by atoms with Crippen LogP contribution in [0.5, 0.6) is 0 Å². The van der Waals surface area contributed by atoms with Crippen molar-refractivity contribution >= 4 is 13.7 Å². The van der Waals surface area contributed by atoms with Gasteiger partial charge in [-0.1, -0.05) is 179 Å². The topological polar surface area (TPSA) is 131 Å². The number of hydrogen-bond acceptors (Lipinski definition) is 6. The van der Waals surface area contributed by atoms with Crippen LogP contribution in [0.2, 0.25) is 0 Å². The van der Waals surface area contributed by atoms with Gasteiger partial charge in [-0.05, 0) is 44.9 Å². The number of aliphatic hydroxyl groups is 1. The van der Waals surface area contributed by atoms with Crippen LogP contribution in [0.25, 0.3) is 0 Å². The molecule has 0 aliphatic rings. The summed E-state index contributed by atoms with van der Waals surface area (Å²) in [5, 5.41) is 13.6. The fourth-order valence-corrected chi connectivity index (χ4v) is 7.00. The third kappa shape index (κ3) is 37.1. The number of rotatable bonds is 40. The molecule has 0 aromatic rings. The normalized spacial score (nSPS) is 14.4. The predicted octanol–water partition coefficient (Wildman–Crippen LogP) is 11.8. The van der Waals surface area contributed by atoms with Gasteiger partial charge in [0.1, 0.15) is 0 Å². The quantitative estimate of drug-likeness (QED) is 0.0279. The second kappa shape index (κ2) is 38.7. The third-order valence-corrected chi connectivity index (χ3v) is 10.5. The lowest BCUT2D eigenvalue weighted by Crippen LogP contribution is -2.45. The third-order valence-electron chi connectivity index (χ3n) is 9.52. The molecule has 0 radical (unpaired) electrons. The van der Waals surface area contributed by atoms with Gasteiger partial charge in [-0.25, -0.2) is 4.57 Å². The molecule has 0 aromatic carbocycles. The van der Waals surface area contributed by atoms with Gasteiger partial charge in [0, 0.05) is 13.0 Å². The smallest absolute Gasteiger partial charge is 0.387 e. The molecule has 0 bridgehead atoms. The molecule has 0 rings (SSSR count). The lowest BCUT2D eigenvalue weighted by molar-refractivity contribution is -0.123. The number of allylic oxidation sites excluding steroid dienone is 3. The first-order chi connectivity index (χ1) is 24.9. The molecule has 8 nitrogen and oxygen atoms in total. The van der Waals surface area contributed by atoms with E-state index in [9.17, 15) is 19.4 Å². The molecule has 0 spiro atoms. The Morgan fingerprint density at radius 3 is 1.45 bits per heavy atom. The highest BCUT2D eigenvalue weighted by Gasteiger charge is 2.26. The van der Waals surface area contributed by atoms with E-state index in [0.29, 0.717) is 6.42 Å². The summed E-state index contributed by atoms with van der Waals surface area (Å²) in [5.41, 5.74) is 5.36. The number of hydrogen-bond donors (Lipinski definition) is 4. The highest BCUT2D eigenvalue weighted by molar-refractivity contribution is 7.47. The van der Waals surface area contributed by atoms with Crippen LogP contribution in [0.4, 0.5) is 0 Å². The Balaban J connectivity index is 4.11.